The Morgan fingerprint density at radius 2 is 1.95 bits per heavy atom. The standard InChI is InChI=1S/C30H41N5O7/c1-19(33-25(37)17-35-13-12-32-24(36)16-35)27(39)34-30(28(31)40,15-21-8-10-22(41-3)11-9-21)23(14-20-6-4-5-7-20)26(38)29(2)18-42-29/h6,8-11,19,23H,4-5,7,12-18H2,1-3H3,(H2,31,40)(H,32,36)(H,33,37)(H,34,39)/t19-,23+,29+,30?/m0/s1. The highest BCUT2D eigenvalue weighted by Gasteiger charge is 2.58. The average molecular weight is 584 g/mol. The molecule has 42 heavy (non-hydrogen) atoms. The fourth-order valence-electron chi connectivity index (χ4n) is 5.65. The van der Waals surface area contributed by atoms with Crippen molar-refractivity contribution in [3.8, 4) is 5.75 Å². The van der Waals surface area contributed by atoms with Crippen LogP contribution in [0.15, 0.2) is 35.9 Å². The number of nitrogens with zero attached hydrogens (tertiary/aromatic N) is 1. The lowest BCUT2D eigenvalue weighted by Crippen LogP contribution is -2.68. The molecule has 12 heteroatoms. The van der Waals surface area contributed by atoms with Crippen LogP contribution in [0.2, 0.25) is 0 Å². The lowest BCUT2D eigenvalue weighted by Gasteiger charge is -2.40. The summed E-state index contributed by atoms with van der Waals surface area (Å²) in [7, 11) is 1.54. The van der Waals surface area contributed by atoms with Gasteiger partial charge in [0.2, 0.25) is 23.6 Å². The number of rotatable bonds is 14. The van der Waals surface area contributed by atoms with Crippen LogP contribution in [0.25, 0.3) is 0 Å². The molecule has 3 aliphatic rings. The number of carbonyl (C=O) groups is 5. The molecule has 5 N–H and O–H groups in total. The van der Waals surface area contributed by atoms with Crippen molar-refractivity contribution in [3.05, 3.63) is 41.5 Å². The van der Waals surface area contributed by atoms with Crippen molar-refractivity contribution in [1.29, 1.82) is 0 Å². The number of benzene rings is 1. The highest BCUT2D eigenvalue weighted by Crippen LogP contribution is 2.40. The first-order chi connectivity index (χ1) is 20.0. The second-order valence-corrected chi connectivity index (χ2v) is 11.6. The predicted octanol–water partition coefficient (Wildman–Crippen LogP) is -0.0109. The number of carbonyl (C=O) groups excluding carboxylic acids is 5. The maximum Gasteiger partial charge on any atom is 0.244 e. The van der Waals surface area contributed by atoms with E-state index in [-0.39, 0.29) is 44.2 Å². The fraction of sp³-hybridized carbons (Fsp3) is 0.567. The van der Waals surface area contributed by atoms with E-state index in [1.165, 1.54) is 6.92 Å². The fourth-order valence-corrected chi connectivity index (χ4v) is 5.65. The molecule has 12 nitrogen and oxygen atoms in total. The smallest absolute Gasteiger partial charge is 0.244 e. The number of piperazine rings is 1. The molecule has 2 saturated heterocycles. The predicted molar refractivity (Wildman–Crippen MR) is 153 cm³/mol. The van der Waals surface area contributed by atoms with E-state index in [0.717, 1.165) is 24.8 Å². The Morgan fingerprint density at radius 1 is 1.24 bits per heavy atom. The number of primary amides is 1. The minimum Gasteiger partial charge on any atom is -0.497 e. The molecule has 4 atom stereocenters. The second kappa shape index (κ2) is 13.0. The SMILES string of the molecule is COc1ccc(CC(NC(=O)[C@H](C)NC(=O)CN2CCNC(=O)C2)(C(N)=O)[C@H](CC2=CCCC2)C(=O)[C@@]2(C)CO2)cc1. The van der Waals surface area contributed by atoms with Gasteiger partial charge < -0.3 is 31.2 Å². The van der Waals surface area contributed by atoms with Crippen LogP contribution < -0.4 is 26.4 Å². The molecule has 4 rings (SSSR count). The maximum absolute atomic E-state index is 14.0. The molecule has 2 aliphatic heterocycles. The van der Waals surface area contributed by atoms with Gasteiger partial charge in [-0.15, -0.1) is 0 Å². The van der Waals surface area contributed by atoms with E-state index >= 15 is 0 Å². The first-order valence-electron chi connectivity index (χ1n) is 14.4. The summed E-state index contributed by atoms with van der Waals surface area (Å²) in [6, 6.07) is 5.92. The minimum atomic E-state index is -1.81. The van der Waals surface area contributed by atoms with Crippen LogP contribution in [-0.4, -0.2) is 91.4 Å². The Kier molecular flexibility index (Phi) is 9.67. The molecule has 2 heterocycles. The number of methoxy groups -OCH3 is 1. The van der Waals surface area contributed by atoms with Crippen LogP contribution >= 0.6 is 0 Å². The van der Waals surface area contributed by atoms with E-state index in [9.17, 15) is 24.0 Å². The molecule has 1 aromatic rings. The van der Waals surface area contributed by atoms with Crippen LogP contribution in [0.4, 0.5) is 0 Å². The molecule has 0 aromatic heterocycles. The number of Topliss-reactive ketones (excluding diaryl/α,β-unsaturated/α-hetero) is 1. The van der Waals surface area contributed by atoms with Gasteiger partial charge in [-0.05, 0) is 57.2 Å². The second-order valence-electron chi connectivity index (χ2n) is 11.6. The summed E-state index contributed by atoms with van der Waals surface area (Å²) in [5.74, 6) is -2.84. The molecule has 1 aliphatic carbocycles. The van der Waals surface area contributed by atoms with Crippen molar-refractivity contribution in [2.45, 2.75) is 63.1 Å². The van der Waals surface area contributed by atoms with E-state index < -0.39 is 40.8 Å². The summed E-state index contributed by atoms with van der Waals surface area (Å²) in [4.78, 5) is 67.3. The van der Waals surface area contributed by atoms with Crippen LogP contribution in [0.1, 0.15) is 45.1 Å². The van der Waals surface area contributed by atoms with Gasteiger partial charge in [-0.2, -0.15) is 0 Å². The normalized spacial score (nSPS) is 23.0. The van der Waals surface area contributed by atoms with Crippen LogP contribution in [-0.2, 0) is 35.1 Å². The zero-order chi connectivity index (χ0) is 30.5. The van der Waals surface area contributed by atoms with Gasteiger partial charge in [-0.25, -0.2) is 0 Å². The molecule has 2 fully saturated rings. The van der Waals surface area contributed by atoms with Gasteiger partial charge in [-0.3, -0.25) is 28.9 Å². The van der Waals surface area contributed by atoms with E-state index in [1.54, 1.807) is 43.2 Å². The Labute approximate surface area is 245 Å². The highest BCUT2D eigenvalue weighted by molar-refractivity contribution is 6.02. The van der Waals surface area contributed by atoms with Crippen molar-refractivity contribution >= 4 is 29.4 Å². The van der Waals surface area contributed by atoms with Crippen LogP contribution in [0, 0.1) is 5.92 Å². The molecule has 0 spiro atoms. The van der Waals surface area contributed by atoms with Crippen molar-refractivity contribution in [2.24, 2.45) is 11.7 Å². The van der Waals surface area contributed by atoms with E-state index in [0.29, 0.717) is 24.4 Å². The average Bonchev–Trinajstić information content (AvgIpc) is 3.49. The minimum absolute atomic E-state index is 0.0542. The number of epoxide rings is 1. The van der Waals surface area contributed by atoms with Gasteiger partial charge in [-0.1, -0.05) is 23.8 Å². The number of hydrogen-bond donors (Lipinski definition) is 4. The number of nitrogens with two attached hydrogens (primary N) is 1. The Morgan fingerprint density at radius 3 is 2.52 bits per heavy atom. The maximum atomic E-state index is 14.0. The van der Waals surface area contributed by atoms with Gasteiger partial charge in [0.05, 0.1) is 32.7 Å². The van der Waals surface area contributed by atoms with Gasteiger partial charge in [0.25, 0.3) is 0 Å². The third-order valence-corrected chi connectivity index (χ3v) is 8.29. The third kappa shape index (κ3) is 7.35. The Bertz CT molecular complexity index is 1240. The topological polar surface area (TPSA) is 172 Å². The molecular formula is C30H41N5O7. The first kappa shape index (κ1) is 31.2. The molecule has 1 aromatic carbocycles. The Hall–Kier alpha value is -3.77. The zero-order valence-corrected chi connectivity index (χ0v) is 24.5. The number of ether oxygens (including phenoxy) is 2. The van der Waals surface area contributed by atoms with Crippen molar-refractivity contribution in [3.63, 3.8) is 0 Å². The first-order valence-corrected chi connectivity index (χ1v) is 14.4. The van der Waals surface area contributed by atoms with Crippen molar-refractivity contribution < 1.29 is 33.4 Å². The lowest BCUT2D eigenvalue weighted by atomic mass is 9.70. The lowest BCUT2D eigenvalue weighted by molar-refractivity contribution is -0.142. The number of ketones is 1. The Balaban J connectivity index is 1.62. The monoisotopic (exact) mass is 583 g/mol. The molecule has 228 valence electrons. The summed E-state index contributed by atoms with van der Waals surface area (Å²) < 4.78 is 10.8. The summed E-state index contributed by atoms with van der Waals surface area (Å²) in [6.07, 6.45) is 4.87. The van der Waals surface area contributed by atoms with E-state index in [1.807, 2.05) is 0 Å². The van der Waals surface area contributed by atoms with Gasteiger partial charge >= 0.3 is 0 Å². The van der Waals surface area contributed by atoms with Crippen LogP contribution in [0.3, 0.4) is 0 Å². The molecule has 4 amide bonds. The molecule has 0 bridgehead atoms. The van der Waals surface area contributed by atoms with Crippen LogP contribution in [0.5, 0.6) is 5.75 Å². The van der Waals surface area contributed by atoms with Gasteiger partial charge in [0.1, 0.15) is 22.9 Å². The molecular weight excluding hydrogens is 542 g/mol. The summed E-state index contributed by atoms with van der Waals surface area (Å²) in [5, 5.41) is 8.19. The number of hydrogen-bond acceptors (Lipinski definition) is 8. The number of allylic oxidation sites excluding steroid dienone is 2. The molecule has 0 radical (unpaired) electrons. The highest BCUT2D eigenvalue weighted by atomic mass is 16.6. The summed E-state index contributed by atoms with van der Waals surface area (Å²) in [6.45, 7) is 4.35. The van der Waals surface area contributed by atoms with Crippen molar-refractivity contribution in [1.82, 2.24) is 20.9 Å². The molecule has 1 unspecified atom stereocenters. The largest absolute Gasteiger partial charge is 0.497 e. The van der Waals surface area contributed by atoms with E-state index in [4.69, 9.17) is 15.2 Å². The van der Waals surface area contributed by atoms with Gasteiger partial charge in [0.15, 0.2) is 5.78 Å². The summed E-state index contributed by atoms with van der Waals surface area (Å²) >= 11 is 0. The third-order valence-electron chi connectivity index (χ3n) is 8.29. The number of nitrogens with one attached hydrogen (secondary N) is 3. The zero-order valence-electron chi connectivity index (χ0n) is 24.5. The molecule has 0 saturated carbocycles. The van der Waals surface area contributed by atoms with Crippen molar-refractivity contribution in [2.75, 3.05) is 39.9 Å². The number of amides is 4. The van der Waals surface area contributed by atoms with Gasteiger partial charge in [0, 0.05) is 19.5 Å². The quantitative estimate of drug-likeness (QED) is 0.175. The summed E-state index contributed by atoms with van der Waals surface area (Å²) in [5.41, 5.74) is 4.92. The van der Waals surface area contributed by atoms with E-state index in [2.05, 4.69) is 22.0 Å².